The van der Waals surface area contributed by atoms with Crippen LogP contribution in [-0.4, -0.2) is 16.6 Å². The molecule has 0 fully saturated rings. The molecule has 1 aromatic carbocycles. The monoisotopic (exact) mass is 188 g/mol. The van der Waals surface area contributed by atoms with Gasteiger partial charge in [-0.05, 0) is 19.1 Å². The molecule has 0 amide bonds. The summed E-state index contributed by atoms with van der Waals surface area (Å²) in [6.07, 6.45) is 1.69. The van der Waals surface area contributed by atoms with Gasteiger partial charge in [-0.15, -0.1) is 0 Å². The fourth-order valence-electron chi connectivity index (χ4n) is 1.51. The normalized spacial score (nSPS) is 10.4. The van der Waals surface area contributed by atoms with Gasteiger partial charge >= 0.3 is 0 Å². The van der Waals surface area contributed by atoms with Crippen molar-refractivity contribution in [2.45, 2.75) is 6.92 Å². The fourth-order valence-corrected chi connectivity index (χ4v) is 1.51. The van der Waals surface area contributed by atoms with E-state index < -0.39 is 0 Å². The van der Waals surface area contributed by atoms with Crippen molar-refractivity contribution in [3.8, 4) is 5.75 Å². The summed E-state index contributed by atoms with van der Waals surface area (Å²) in [4.78, 5) is 4.13. The summed E-state index contributed by atoms with van der Waals surface area (Å²) in [5.41, 5.74) is 1.65. The molecule has 14 heavy (non-hydrogen) atoms. The van der Waals surface area contributed by atoms with Crippen LogP contribution >= 0.6 is 0 Å². The standard InChI is InChI=1S/C11H12N2O/c1-2-12-9-6-7-13-11-8(9)4-3-5-10(11)14/h3-7,14H,2H2,1H3,(H,12,13). The highest BCUT2D eigenvalue weighted by Gasteiger charge is 2.03. The summed E-state index contributed by atoms with van der Waals surface area (Å²) in [7, 11) is 0. The summed E-state index contributed by atoms with van der Waals surface area (Å²) in [6, 6.07) is 7.32. The number of nitrogens with one attached hydrogen (secondary N) is 1. The molecule has 3 nitrogen and oxygen atoms in total. The van der Waals surface area contributed by atoms with Gasteiger partial charge in [0.1, 0.15) is 11.3 Å². The highest BCUT2D eigenvalue weighted by atomic mass is 16.3. The minimum absolute atomic E-state index is 0.224. The van der Waals surface area contributed by atoms with E-state index >= 15 is 0 Å². The second kappa shape index (κ2) is 3.54. The van der Waals surface area contributed by atoms with Crippen LogP contribution < -0.4 is 5.32 Å². The first-order valence-corrected chi connectivity index (χ1v) is 4.63. The van der Waals surface area contributed by atoms with Crippen molar-refractivity contribution in [2.24, 2.45) is 0 Å². The number of aromatic nitrogens is 1. The SMILES string of the molecule is CCNc1ccnc2c(O)cccc12. The maximum atomic E-state index is 9.57. The minimum Gasteiger partial charge on any atom is -0.506 e. The molecule has 72 valence electrons. The average Bonchev–Trinajstić information content (AvgIpc) is 2.20. The third kappa shape index (κ3) is 1.37. The summed E-state index contributed by atoms with van der Waals surface area (Å²) in [5.74, 6) is 0.224. The van der Waals surface area contributed by atoms with E-state index in [0.717, 1.165) is 17.6 Å². The molecule has 0 unspecified atom stereocenters. The van der Waals surface area contributed by atoms with E-state index in [-0.39, 0.29) is 5.75 Å². The lowest BCUT2D eigenvalue weighted by Crippen LogP contribution is -1.97. The Hall–Kier alpha value is -1.77. The predicted molar refractivity (Wildman–Crippen MR) is 57.6 cm³/mol. The maximum Gasteiger partial charge on any atom is 0.141 e. The number of aromatic hydroxyl groups is 1. The lowest BCUT2D eigenvalue weighted by atomic mass is 10.2. The van der Waals surface area contributed by atoms with E-state index in [1.54, 1.807) is 12.3 Å². The van der Waals surface area contributed by atoms with Crippen LogP contribution in [0.4, 0.5) is 5.69 Å². The Morgan fingerprint density at radius 1 is 1.36 bits per heavy atom. The number of phenolic OH excluding ortho intramolecular Hbond substituents is 1. The fraction of sp³-hybridized carbons (Fsp3) is 0.182. The van der Waals surface area contributed by atoms with Crippen LogP contribution in [0, 0.1) is 0 Å². The molecule has 0 atom stereocenters. The van der Waals surface area contributed by atoms with Gasteiger partial charge in [0.15, 0.2) is 0 Å². The van der Waals surface area contributed by atoms with Gasteiger partial charge < -0.3 is 10.4 Å². The predicted octanol–water partition coefficient (Wildman–Crippen LogP) is 2.37. The number of anilines is 1. The topological polar surface area (TPSA) is 45.2 Å². The number of rotatable bonds is 2. The molecule has 0 saturated carbocycles. The number of fused-ring (bicyclic) bond motifs is 1. The van der Waals surface area contributed by atoms with E-state index in [9.17, 15) is 5.11 Å². The molecule has 0 radical (unpaired) electrons. The van der Waals surface area contributed by atoms with Crippen molar-refractivity contribution in [2.75, 3.05) is 11.9 Å². The quantitative estimate of drug-likeness (QED) is 0.760. The summed E-state index contributed by atoms with van der Waals surface area (Å²) >= 11 is 0. The molecule has 3 heteroatoms. The first kappa shape index (κ1) is 8.81. The molecule has 0 spiro atoms. The Bertz CT molecular complexity index is 454. The van der Waals surface area contributed by atoms with Crippen LogP contribution in [-0.2, 0) is 0 Å². The zero-order valence-electron chi connectivity index (χ0n) is 7.99. The first-order chi connectivity index (χ1) is 6.83. The number of nitrogens with zero attached hydrogens (tertiary/aromatic N) is 1. The van der Waals surface area contributed by atoms with Crippen molar-refractivity contribution in [1.29, 1.82) is 0 Å². The summed E-state index contributed by atoms with van der Waals surface area (Å²) < 4.78 is 0. The van der Waals surface area contributed by atoms with Crippen molar-refractivity contribution in [3.05, 3.63) is 30.5 Å². The molecule has 0 aliphatic carbocycles. The third-order valence-corrected chi connectivity index (χ3v) is 2.12. The van der Waals surface area contributed by atoms with Crippen LogP contribution in [0.3, 0.4) is 0 Å². The Labute approximate surface area is 82.4 Å². The van der Waals surface area contributed by atoms with E-state index in [2.05, 4.69) is 10.3 Å². The number of para-hydroxylation sites is 1. The molecule has 0 aliphatic rings. The molecule has 0 bridgehead atoms. The Morgan fingerprint density at radius 2 is 2.21 bits per heavy atom. The van der Waals surface area contributed by atoms with Gasteiger partial charge in [0.25, 0.3) is 0 Å². The molecule has 0 saturated heterocycles. The van der Waals surface area contributed by atoms with Crippen LogP contribution in [0.25, 0.3) is 10.9 Å². The van der Waals surface area contributed by atoms with Crippen molar-refractivity contribution >= 4 is 16.6 Å². The smallest absolute Gasteiger partial charge is 0.141 e. The van der Waals surface area contributed by atoms with Crippen LogP contribution in [0.15, 0.2) is 30.5 Å². The van der Waals surface area contributed by atoms with Gasteiger partial charge in [0, 0.05) is 23.8 Å². The van der Waals surface area contributed by atoms with Crippen LogP contribution in [0.1, 0.15) is 6.92 Å². The number of hydrogen-bond acceptors (Lipinski definition) is 3. The number of pyridine rings is 1. The number of phenols is 1. The second-order valence-electron chi connectivity index (χ2n) is 3.06. The van der Waals surface area contributed by atoms with Gasteiger partial charge in [0.2, 0.25) is 0 Å². The summed E-state index contributed by atoms with van der Waals surface area (Å²) in [6.45, 7) is 2.89. The van der Waals surface area contributed by atoms with Crippen molar-refractivity contribution in [1.82, 2.24) is 4.98 Å². The highest BCUT2D eigenvalue weighted by Crippen LogP contribution is 2.27. The molecule has 0 aliphatic heterocycles. The van der Waals surface area contributed by atoms with Crippen LogP contribution in [0.2, 0.25) is 0 Å². The molecular weight excluding hydrogens is 176 g/mol. The third-order valence-electron chi connectivity index (χ3n) is 2.12. The van der Waals surface area contributed by atoms with Gasteiger partial charge in [-0.2, -0.15) is 0 Å². The highest BCUT2D eigenvalue weighted by molar-refractivity contribution is 5.94. The van der Waals surface area contributed by atoms with Crippen molar-refractivity contribution < 1.29 is 5.11 Å². The Balaban J connectivity index is 2.68. The molecule has 2 aromatic rings. The molecular formula is C11H12N2O. The Kier molecular flexibility index (Phi) is 2.23. The van der Waals surface area contributed by atoms with Crippen molar-refractivity contribution in [3.63, 3.8) is 0 Å². The minimum atomic E-state index is 0.224. The zero-order valence-corrected chi connectivity index (χ0v) is 7.99. The molecule has 1 aromatic heterocycles. The van der Waals surface area contributed by atoms with Gasteiger partial charge in [-0.1, -0.05) is 12.1 Å². The second-order valence-corrected chi connectivity index (χ2v) is 3.06. The number of benzene rings is 1. The maximum absolute atomic E-state index is 9.57. The van der Waals surface area contributed by atoms with E-state index in [1.165, 1.54) is 0 Å². The average molecular weight is 188 g/mol. The van der Waals surface area contributed by atoms with E-state index in [4.69, 9.17) is 0 Å². The lowest BCUT2D eigenvalue weighted by molar-refractivity contribution is 0.480. The van der Waals surface area contributed by atoms with Gasteiger partial charge in [-0.25, -0.2) is 0 Å². The van der Waals surface area contributed by atoms with Crippen LogP contribution in [0.5, 0.6) is 5.75 Å². The number of hydrogen-bond donors (Lipinski definition) is 2. The largest absolute Gasteiger partial charge is 0.506 e. The molecule has 2 rings (SSSR count). The lowest BCUT2D eigenvalue weighted by Gasteiger charge is -2.07. The zero-order chi connectivity index (χ0) is 9.97. The van der Waals surface area contributed by atoms with Gasteiger partial charge in [-0.3, -0.25) is 4.98 Å². The van der Waals surface area contributed by atoms with E-state index in [1.807, 2.05) is 25.1 Å². The molecule has 1 heterocycles. The molecule has 2 N–H and O–H groups in total. The Morgan fingerprint density at radius 3 is 3.00 bits per heavy atom. The van der Waals surface area contributed by atoms with Gasteiger partial charge in [0.05, 0.1) is 0 Å². The summed E-state index contributed by atoms with van der Waals surface area (Å²) in [5, 5.41) is 13.8. The first-order valence-electron chi connectivity index (χ1n) is 4.63. The van der Waals surface area contributed by atoms with E-state index in [0.29, 0.717) is 5.52 Å².